The lowest BCUT2D eigenvalue weighted by Crippen LogP contribution is -2.60. The van der Waals surface area contributed by atoms with Crippen molar-refractivity contribution in [1.29, 1.82) is 0 Å². The Morgan fingerprint density at radius 1 is 1.15 bits per heavy atom. The van der Waals surface area contributed by atoms with E-state index in [4.69, 9.17) is 0 Å². The molecule has 0 aromatic heterocycles. The molecule has 0 amide bonds. The maximum absolute atomic E-state index is 13.2. The molecule has 33 heavy (non-hydrogen) atoms. The van der Waals surface area contributed by atoms with Crippen molar-refractivity contribution >= 4 is 11.6 Å². The number of rotatable bonds is 5. The van der Waals surface area contributed by atoms with E-state index in [0.717, 1.165) is 24.8 Å². The first-order valence-corrected chi connectivity index (χ1v) is 12.7. The molecule has 0 aliphatic heterocycles. The number of hydrogen-bond donors (Lipinski definition) is 4. The maximum atomic E-state index is 13.2. The summed E-state index contributed by atoms with van der Waals surface area (Å²) in [6.07, 6.45) is 4.25. The third kappa shape index (κ3) is 3.76. The lowest BCUT2D eigenvalue weighted by atomic mass is 9.46. The second kappa shape index (κ2) is 7.97. The van der Waals surface area contributed by atoms with Gasteiger partial charge in [-0.2, -0.15) is 0 Å². The van der Waals surface area contributed by atoms with Crippen molar-refractivity contribution in [2.75, 3.05) is 0 Å². The molecule has 0 saturated heterocycles. The molecule has 0 bridgehead atoms. The van der Waals surface area contributed by atoms with E-state index in [9.17, 15) is 30.0 Å². The summed E-state index contributed by atoms with van der Waals surface area (Å²) in [6.45, 7) is 9.64. The van der Waals surface area contributed by atoms with Gasteiger partial charge in [-0.15, -0.1) is 0 Å². The van der Waals surface area contributed by atoms with Gasteiger partial charge < -0.3 is 20.4 Å². The average molecular weight is 463 g/mol. The molecule has 4 rings (SSSR count). The summed E-state index contributed by atoms with van der Waals surface area (Å²) in [5.41, 5.74) is -2.21. The number of fused-ring (bicyclic) bond motifs is 5. The third-order valence-corrected chi connectivity index (χ3v) is 10.3. The molecule has 0 heterocycles. The first-order chi connectivity index (χ1) is 15.1. The normalized spacial score (nSPS) is 45.1. The SMILES string of the molecule is C[C@H](C(O)CCC(C)(C)O)[C@H]1CC[C@@]2(O)C3=CC(=O)[C@@H]4CC(O)C(=O)C[C@]4(C)[C@H]3CC[C@]12C. The van der Waals surface area contributed by atoms with Crippen LogP contribution in [-0.4, -0.2) is 55.4 Å². The van der Waals surface area contributed by atoms with Gasteiger partial charge in [0.2, 0.25) is 0 Å². The highest BCUT2D eigenvalue weighted by molar-refractivity contribution is 5.97. The van der Waals surface area contributed by atoms with Gasteiger partial charge >= 0.3 is 0 Å². The van der Waals surface area contributed by atoms with Crippen molar-refractivity contribution in [3.63, 3.8) is 0 Å². The van der Waals surface area contributed by atoms with Gasteiger partial charge in [-0.3, -0.25) is 9.59 Å². The number of aliphatic hydroxyl groups excluding tert-OH is 2. The van der Waals surface area contributed by atoms with E-state index in [1.165, 1.54) is 0 Å². The summed E-state index contributed by atoms with van der Waals surface area (Å²) in [7, 11) is 0. The van der Waals surface area contributed by atoms with Crippen LogP contribution in [0, 0.1) is 34.5 Å². The Morgan fingerprint density at radius 3 is 2.45 bits per heavy atom. The topological polar surface area (TPSA) is 115 Å². The molecule has 6 heteroatoms. The largest absolute Gasteiger partial charge is 0.393 e. The standard InChI is InChI=1S/C27H42O6/c1-15(20(28)8-9-24(2,3)32)16-7-11-27(33)18-12-21(29)19-13-22(30)23(31)14-25(19,4)17(18)6-10-26(16,27)5/h12,15-17,19-20,22,28,30,32-33H,6-11,13-14H2,1-5H3/t15-,16+,17-,19-,20?,22?,25+,26+,27+/m0/s1. The molecule has 0 aromatic carbocycles. The Balaban J connectivity index is 1.63. The van der Waals surface area contributed by atoms with Crippen molar-refractivity contribution in [2.24, 2.45) is 34.5 Å². The lowest BCUT2D eigenvalue weighted by molar-refractivity contribution is -0.153. The zero-order valence-electron chi connectivity index (χ0n) is 20.8. The molecule has 9 atom stereocenters. The van der Waals surface area contributed by atoms with Crippen LogP contribution in [0.2, 0.25) is 0 Å². The van der Waals surface area contributed by atoms with E-state index in [0.29, 0.717) is 19.3 Å². The molecule has 4 aliphatic rings. The second-order valence-electron chi connectivity index (χ2n) is 12.7. The predicted octanol–water partition coefficient (Wildman–Crippen LogP) is 2.95. The van der Waals surface area contributed by atoms with Gasteiger partial charge in [0, 0.05) is 17.8 Å². The molecule has 0 radical (unpaired) electrons. The van der Waals surface area contributed by atoms with Crippen LogP contribution in [0.15, 0.2) is 11.6 Å². The molecule has 3 saturated carbocycles. The van der Waals surface area contributed by atoms with Crippen LogP contribution in [0.4, 0.5) is 0 Å². The highest BCUT2D eigenvalue weighted by Crippen LogP contribution is 2.68. The fourth-order valence-electron chi connectivity index (χ4n) is 8.11. The Kier molecular flexibility index (Phi) is 6.05. The third-order valence-electron chi connectivity index (χ3n) is 10.3. The van der Waals surface area contributed by atoms with Crippen LogP contribution in [0.1, 0.15) is 86.0 Å². The molecule has 186 valence electrons. The Labute approximate surface area is 197 Å². The molecule has 3 fully saturated rings. The zero-order chi connectivity index (χ0) is 24.6. The van der Waals surface area contributed by atoms with Crippen LogP contribution in [0.25, 0.3) is 0 Å². The van der Waals surface area contributed by atoms with E-state index in [1.807, 2.05) is 13.8 Å². The van der Waals surface area contributed by atoms with E-state index in [-0.39, 0.29) is 48.1 Å². The van der Waals surface area contributed by atoms with Gasteiger partial charge in [0.05, 0.1) is 17.3 Å². The molecule has 0 aromatic rings. The molecule has 6 nitrogen and oxygen atoms in total. The Bertz CT molecular complexity index is 857. The summed E-state index contributed by atoms with van der Waals surface area (Å²) in [5, 5.41) is 43.3. The summed E-state index contributed by atoms with van der Waals surface area (Å²) in [5.74, 6) is -0.657. The van der Waals surface area contributed by atoms with Crippen LogP contribution < -0.4 is 0 Å². The minimum absolute atomic E-state index is 0.0439. The number of carbonyl (C=O) groups excluding carboxylic acids is 2. The van der Waals surface area contributed by atoms with E-state index >= 15 is 0 Å². The molecule has 4 N–H and O–H groups in total. The van der Waals surface area contributed by atoms with Gasteiger partial charge in [-0.1, -0.05) is 20.8 Å². The van der Waals surface area contributed by atoms with Gasteiger partial charge in [0.15, 0.2) is 11.6 Å². The second-order valence-corrected chi connectivity index (χ2v) is 12.7. The quantitative estimate of drug-likeness (QED) is 0.499. The summed E-state index contributed by atoms with van der Waals surface area (Å²) >= 11 is 0. The monoisotopic (exact) mass is 462 g/mol. The smallest absolute Gasteiger partial charge is 0.161 e. The molecular weight excluding hydrogens is 420 g/mol. The highest BCUT2D eigenvalue weighted by Gasteiger charge is 2.67. The molecular formula is C27H42O6. The van der Waals surface area contributed by atoms with Crippen molar-refractivity contribution in [3.8, 4) is 0 Å². The number of carbonyl (C=O) groups is 2. The zero-order valence-corrected chi connectivity index (χ0v) is 20.8. The lowest BCUT2D eigenvalue weighted by Gasteiger charge is -2.59. The average Bonchev–Trinajstić information content (AvgIpc) is 2.99. The summed E-state index contributed by atoms with van der Waals surface area (Å²) in [4.78, 5) is 25.7. The minimum atomic E-state index is -1.13. The van der Waals surface area contributed by atoms with Gasteiger partial charge in [-0.05, 0) is 93.6 Å². The summed E-state index contributed by atoms with van der Waals surface area (Å²) in [6, 6.07) is 0. The number of ketones is 2. The summed E-state index contributed by atoms with van der Waals surface area (Å²) < 4.78 is 0. The van der Waals surface area contributed by atoms with Crippen LogP contribution in [0.5, 0.6) is 0 Å². The van der Waals surface area contributed by atoms with Crippen molar-refractivity contribution in [1.82, 2.24) is 0 Å². The number of allylic oxidation sites excluding steroid dienone is 1. The minimum Gasteiger partial charge on any atom is -0.393 e. The Hall–Kier alpha value is -1.08. The van der Waals surface area contributed by atoms with Crippen LogP contribution >= 0.6 is 0 Å². The first kappa shape index (κ1) is 25.0. The number of Topliss-reactive ketones (excluding diaryl/α,β-unsaturated/α-hetero) is 1. The van der Waals surface area contributed by atoms with Gasteiger partial charge in [0.1, 0.15) is 6.10 Å². The number of aliphatic hydroxyl groups is 4. The molecule has 4 aliphatic carbocycles. The fourth-order valence-corrected chi connectivity index (χ4v) is 8.11. The Morgan fingerprint density at radius 2 is 1.82 bits per heavy atom. The predicted molar refractivity (Wildman–Crippen MR) is 124 cm³/mol. The van der Waals surface area contributed by atoms with Crippen molar-refractivity contribution in [3.05, 3.63) is 11.6 Å². The van der Waals surface area contributed by atoms with E-state index in [2.05, 4.69) is 6.92 Å². The van der Waals surface area contributed by atoms with E-state index in [1.54, 1.807) is 19.9 Å². The maximum Gasteiger partial charge on any atom is 0.161 e. The van der Waals surface area contributed by atoms with Crippen LogP contribution in [-0.2, 0) is 9.59 Å². The van der Waals surface area contributed by atoms with E-state index < -0.39 is 34.2 Å². The fraction of sp³-hybridized carbons (Fsp3) is 0.852. The van der Waals surface area contributed by atoms with Crippen molar-refractivity contribution < 1.29 is 30.0 Å². The van der Waals surface area contributed by atoms with Gasteiger partial charge in [-0.25, -0.2) is 0 Å². The molecule has 2 unspecified atom stereocenters. The van der Waals surface area contributed by atoms with Crippen LogP contribution in [0.3, 0.4) is 0 Å². The number of hydrogen-bond acceptors (Lipinski definition) is 6. The first-order valence-electron chi connectivity index (χ1n) is 12.7. The van der Waals surface area contributed by atoms with Crippen molar-refractivity contribution in [2.45, 2.75) is 109 Å². The highest BCUT2D eigenvalue weighted by atomic mass is 16.3. The van der Waals surface area contributed by atoms with Gasteiger partial charge in [0.25, 0.3) is 0 Å². The molecule has 0 spiro atoms.